The van der Waals surface area contributed by atoms with Gasteiger partial charge in [-0.1, -0.05) is 25.7 Å². The summed E-state index contributed by atoms with van der Waals surface area (Å²) in [5, 5.41) is 0. The van der Waals surface area contributed by atoms with Gasteiger partial charge >= 0.3 is 6.18 Å². The lowest BCUT2D eigenvalue weighted by molar-refractivity contribution is -0.137. The summed E-state index contributed by atoms with van der Waals surface area (Å²) < 4.78 is 38.2. The number of rotatable bonds is 5. The molecular formula is C26H30F3N3. The minimum atomic E-state index is -4.35. The Hall–Kier alpha value is -2.63. The highest BCUT2D eigenvalue weighted by atomic mass is 19.4. The monoisotopic (exact) mass is 441 g/mol. The molecule has 0 unspecified atom stereocenters. The molecule has 1 fully saturated rings. The van der Waals surface area contributed by atoms with E-state index in [4.69, 9.17) is 4.98 Å². The molecule has 6 heteroatoms. The Balaban J connectivity index is 1.46. The van der Waals surface area contributed by atoms with Gasteiger partial charge in [-0.2, -0.15) is 13.2 Å². The largest absolute Gasteiger partial charge is 0.417 e. The van der Waals surface area contributed by atoms with Crippen LogP contribution in [-0.4, -0.2) is 15.0 Å². The Morgan fingerprint density at radius 2 is 1.59 bits per heavy atom. The SMILES string of the molecule is Cc1cc(-c2cnc(C3CCCCCC3)[nH]2)cc(C)c1CCc1ccc(C(F)(F)F)cn1. The number of hydrogen-bond donors (Lipinski definition) is 1. The third kappa shape index (κ3) is 5.22. The molecule has 0 aliphatic heterocycles. The molecule has 170 valence electrons. The fourth-order valence-corrected chi connectivity index (χ4v) is 4.78. The zero-order valence-corrected chi connectivity index (χ0v) is 18.7. The summed E-state index contributed by atoms with van der Waals surface area (Å²) in [5.41, 5.74) is 5.72. The Kier molecular flexibility index (Phi) is 6.68. The van der Waals surface area contributed by atoms with Crippen molar-refractivity contribution in [3.63, 3.8) is 0 Å². The van der Waals surface area contributed by atoms with E-state index in [0.717, 1.165) is 35.8 Å². The van der Waals surface area contributed by atoms with Crippen molar-refractivity contribution in [3.8, 4) is 11.3 Å². The van der Waals surface area contributed by atoms with Gasteiger partial charge in [-0.3, -0.25) is 4.98 Å². The molecule has 0 bridgehead atoms. The number of benzene rings is 1. The maximum Gasteiger partial charge on any atom is 0.417 e. The zero-order chi connectivity index (χ0) is 22.7. The molecule has 1 N–H and O–H groups in total. The molecule has 32 heavy (non-hydrogen) atoms. The molecule has 1 aliphatic carbocycles. The van der Waals surface area contributed by atoms with E-state index in [1.54, 1.807) is 0 Å². The number of H-pyrrole nitrogens is 1. The first-order valence-corrected chi connectivity index (χ1v) is 11.5. The first kappa shape index (κ1) is 22.6. The average molecular weight is 442 g/mol. The third-order valence-electron chi connectivity index (χ3n) is 6.63. The lowest BCUT2D eigenvalue weighted by Gasteiger charge is -2.13. The van der Waals surface area contributed by atoms with Gasteiger partial charge in [-0.15, -0.1) is 0 Å². The maximum absolute atomic E-state index is 12.7. The molecule has 2 aromatic heterocycles. The van der Waals surface area contributed by atoms with Crippen LogP contribution in [0.5, 0.6) is 0 Å². The van der Waals surface area contributed by atoms with Crippen molar-refractivity contribution in [2.75, 3.05) is 0 Å². The van der Waals surface area contributed by atoms with Crippen LogP contribution >= 0.6 is 0 Å². The Labute approximate surface area is 187 Å². The van der Waals surface area contributed by atoms with E-state index in [0.29, 0.717) is 18.0 Å². The molecule has 1 saturated carbocycles. The molecule has 1 aromatic carbocycles. The number of nitrogens with zero attached hydrogens (tertiary/aromatic N) is 2. The minimum Gasteiger partial charge on any atom is -0.342 e. The second-order valence-corrected chi connectivity index (χ2v) is 9.00. The molecule has 4 rings (SSSR count). The Morgan fingerprint density at radius 3 is 2.19 bits per heavy atom. The van der Waals surface area contributed by atoms with Gasteiger partial charge in [0.2, 0.25) is 0 Å². The van der Waals surface area contributed by atoms with Gasteiger partial charge in [0.15, 0.2) is 0 Å². The van der Waals surface area contributed by atoms with E-state index in [2.05, 4.69) is 35.9 Å². The van der Waals surface area contributed by atoms with Gasteiger partial charge in [-0.25, -0.2) is 4.98 Å². The molecule has 0 spiro atoms. The number of imidazole rings is 1. The lowest BCUT2D eigenvalue weighted by Crippen LogP contribution is -2.06. The predicted molar refractivity (Wildman–Crippen MR) is 121 cm³/mol. The normalized spacial score (nSPS) is 15.7. The highest BCUT2D eigenvalue weighted by Gasteiger charge is 2.30. The van der Waals surface area contributed by atoms with E-state index in [1.165, 1.54) is 61.3 Å². The first-order chi connectivity index (χ1) is 15.3. The average Bonchev–Trinajstić information content (AvgIpc) is 3.08. The van der Waals surface area contributed by atoms with Crippen molar-refractivity contribution >= 4 is 0 Å². The summed E-state index contributed by atoms with van der Waals surface area (Å²) in [4.78, 5) is 12.3. The van der Waals surface area contributed by atoms with E-state index in [-0.39, 0.29) is 0 Å². The third-order valence-corrected chi connectivity index (χ3v) is 6.63. The molecule has 1 aliphatic rings. The van der Waals surface area contributed by atoms with Crippen LogP contribution in [-0.2, 0) is 19.0 Å². The van der Waals surface area contributed by atoms with Crippen molar-refractivity contribution in [2.45, 2.75) is 77.3 Å². The number of hydrogen-bond acceptors (Lipinski definition) is 2. The topological polar surface area (TPSA) is 41.6 Å². The van der Waals surface area contributed by atoms with Crippen LogP contribution in [0.1, 0.15) is 78.2 Å². The Morgan fingerprint density at radius 1 is 0.906 bits per heavy atom. The lowest BCUT2D eigenvalue weighted by atomic mass is 9.94. The van der Waals surface area contributed by atoms with Gasteiger partial charge in [-0.05, 0) is 80.5 Å². The van der Waals surface area contributed by atoms with Gasteiger partial charge in [0.1, 0.15) is 5.82 Å². The smallest absolute Gasteiger partial charge is 0.342 e. The highest BCUT2D eigenvalue weighted by molar-refractivity contribution is 5.62. The second kappa shape index (κ2) is 9.47. The minimum absolute atomic E-state index is 0.531. The number of alkyl halides is 3. The van der Waals surface area contributed by atoms with Crippen molar-refractivity contribution in [1.82, 2.24) is 15.0 Å². The summed E-state index contributed by atoms with van der Waals surface area (Å²) >= 11 is 0. The molecule has 0 atom stereocenters. The quantitative estimate of drug-likeness (QED) is 0.421. The van der Waals surface area contributed by atoms with Gasteiger partial charge in [0.05, 0.1) is 17.5 Å². The predicted octanol–water partition coefficient (Wildman–Crippen LogP) is 7.33. The second-order valence-electron chi connectivity index (χ2n) is 9.00. The molecule has 0 radical (unpaired) electrons. The first-order valence-electron chi connectivity index (χ1n) is 11.5. The summed E-state index contributed by atoms with van der Waals surface area (Å²) in [6.07, 6.45) is 7.49. The molecule has 2 heterocycles. The van der Waals surface area contributed by atoms with Crippen LogP contribution in [0.15, 0.2) is 36.7 Å². The van der Waals surface area contributed by atoms with Crippen LogP contribution < -0.4 is 0 Å². The van der Waals surface area contributed by atoms with Crippen LogP contribution in [0.4, 0.5) is 13.2 Å². The highest BCUT2D eigenvalue weighted by Crippen LogP contribution is 2.32. The Bertz CT molecular complexity index is 1020. The van der Waals surface area contributed by atoms with Crippen molar-refractivity contribution < 1.29 is 13.2 Å². The van der Waals surface area contributed by atoms with Crippen LogP contribution in [0, 0.1) is 13.8 Å². The molecular weight excluding hydrogens is 411 g/mol. The van der Waals surface area contributed by atoms with Crippen LogP contribution in [0.25, 0.3) is 11.3 Å². The van der Waals surface area contributed by atoms with Crippen LogP contribution in [0.2, 0.25) is 0 Å². The summed E-state index contributed by atoms with van der Waals surface area (Å²) in [7, 11) is 0. The van der Waals surface area contributed by atoms with E-state index < -0.39 is 11.7 Å². The number of aromatic nitrogens is 3. The van der Waals surface area contributed by atoms with Crippen molar-refractivity contribution in [1.29, 1.82) is 0 Å². The van der Waals surface area contributed by atoms with Gasteiger partial charge < -0.3 is 4.98 Å². The van der Waals surface area contributed by atoms with Crippen molar-refractivity contribution in [3.05, 3.63) is 70.4 Å². The van der Waals surface area contributed by atoms with Crippen molar-refractivity contribution in [2.24, 2.45) is 0 Å². The maximum atomic E-state index is 12.7. The number of nitrogens with one attached hydrogen (secondary N) is 1. The summed E-state index contributed by atoms with van der Waals surface area (Å²) in [6, 6.07) is 6.93. The zero-order valence-electron chi connectivity index (χ0n) is 18.7. The summed E-state index contributed by atoms with van der Waals surface area (Å²) in [5.74, 6) is 1.64. The number of halogens is 3. The van der Waals surface area contributed by atoms with Gasteiger partial charge in [0.25, 0.3) is 0 Å². The number of aromatic amines is 1. The van der Waals surface area contributed by atoms with E-state index in [1.807, 2.05) is 6.20 Å². The van der Waals surface area contributed by atoms with E-state index in [9.17, 15) is 13.2 Å². The van der Waals surface area contributed by atoms with Gasteiger partial charge in [0, 0.05) is 23.4 Å². The standard InChI is InChI=1S/C26H30F3N3/c1-17-13-20(24-16-31-25(32-24)19-7-5-3-4-6-8-19)14-18(2)23(17)12-11-22-10-9-21(15-30-22)26(27,28)29/h9-10,13-16,19H,3-8,11-12H2,1-2H3,(H,31,32). The molecule has 0 saturated heterocycles. The number of aryl methyl sites for hydroxylation is 3. The molecule has 3 nitrogen and oxygen atoms in total. The van der Waals surface area contributed by atoms with Crippen LogP contribution in [0.3, 0.4) is 0 Å². The fraction of sp³-hybridized carbons (Fsp3) is 0.462. The molecule has 3 aromatic rings. The van der Waals surface area contributed by atoms with E-state index >= 15 is 0 Å². The number of pyridine rings is 1. The molecule has 0 amide bonds. The summed E-state index contributed by atoms with van der Waals surface area (Å²) in [6.45, 7) is 4.18. The fourth-order valence-electron chi connectivity index (χ4n) is 4.78.